The molecule has 3 rings (SSSR count). The van der Waals surface area contributed by atoms with Crippen LogP contribution in [0.1, 0.15) is 26.2 Å². The van der Waals surface area contributed by atoms with Gasteiger partial charge >= 0.3 is 0 Å². The maximum Gasteiger partial charge on any atom is 0.265 e. The van der Waals surface area contributed by atoms with Crippen LogP contribution in [0.2, 0.25) is 5.02 Å². The van der Waals surface area contributed by atoms with Gasteiger partial charge in [0.2, 0.25) is 0 Å². The summed E-state index contributed by atoms with van der Waals surface area (Å²) in [6, 6.07) is 15.0. The van der Waals surface area contributed by atoms with Crippen LogP contribution in [0.15, 0.2) is 48.5 Å². The van der Waals surface area contributed by atoms with E-state index in [1.54, 1.807) is 24.3 Å². The van der Waals surface area contributed by atoms with Crippen LogP contribution in [-0.4, -0.2) is 25.1 Å². The van der Waals surface area contributed by atoms with E-state index >= 15 is 0 Å². The molecule has 2 aromatic carbocycles. The van der Waals surface area contributed by atoms with Gasteiger partial charge in [-0.05, 0) is 67.8 Å². The number of halogens is 1. The predicted octanol–water partition coefficient (Wildman–Crippen LogP) is 4.74. The number of hydrogen-bond donors (Lipinski definition) is 1. The molecule has 1 atom stereocenters. The molecule has 0 spiro atoms. The van der Waals surface area contributed by atoms with Crippen molar-refractivity contribution in [3.8, 4) is 5.75 Å². The summed E-state index contributed by atoms with van der Waals surface area (Å²) in [7, 11) is 0. The molecule has 1 aliphatic heterocycles. The molecule has 0 unspecified atom stereocenters. The van der Waals surface area contributed by atoms with Crippen LogP contribution in [0.4, 0.5) is 11.4 Å². The molecule has 4 nitrogen and oxygen atoms in total. The summed E-state index contributed by atoms with van der Waals surface area (Å²) in [6.45, 7) is 4.15. The smallest absolute Gasteiger partial charge is 0.265 e. The van der Waals surface area contributed by atoms with E-state index in [4.69, 9.17) is 16.3 Å². The Morgan fingerprint density at radius 3 is 2.36 bits per heavy atom. The number of benzene rings is 2. The number of ether oxygens (including phenoxy) is 1. The lowest BCUT2D eigenvalue weighted by Gasteiger charge is -2.19. The summed E-state index contributed by atoms with van der Waals surface area (Å²) in [5.74, 6) is 0.488. The van der Waals surface area contributed by atoms with E-state index < -0.39 is 6.10 Å². The molecule has 1 N–H and O–H groups in total. The normalized spacial score (nSPS) is 15.0. The van der Waals surface area contributed by atoms with Crippen molar-refractivity contribution in [2.24, 2.45) is 0 Å². The first-order chi connectivity index (χ1) is 12.2. The molecule has 0 bridgehead atoms. The van der Waals surface area contributed by atoms with Gasteiger partial charge in [0, 0.05) is 29.5 Å². The van der Waals surface area contributed by atoms with Gasteiger partial charge in [-0.3, -0.25) is 4.79 Å². The second-order valence-corrected chi connectivity index (χ2v) is 6.64. The van der Waals surface area contributed by atoms with Gasteiger partial charge in [-0.15, -0.1) is 0 Å². The van der Waals surface area contributed by atoms with Crippen molar-refractivity contribution >= 4 is 28.9 Å². The molecule has 0 aromatic heterocycles. The molecule has 25 heavy (non-hydrogen) atoms. The van der Waals surface area contributed by atoms with E-state index in [1.807, 2.05) is 19.1 Å². The standard InChI is InChI=1S/C20H23ClN2O2/c1-2-19(25-18-11-5-15(21)6-12-18)20(24)22-16-7-9-17(10-8-16)23-13-3-4-14-23/h5-12,19H,2-4,13-14H2,1H3,(H,22,24)/t19-/m0/s1. The molecule has 1 heterocycles. The number of amides is 1. The summed E-state index contributed by atoms with van der Waals surface area (Å²) >= 11 is 5.87. The number of carbonyl (C=O) groups excluding carboxylic acids is 1. The van der Waals surface area contributed by atoms with E-state index in [0.29, 0.717) is 17.2 Å². The number of nitrogens with zero attached hydrogens (tertiary/aromatic N) is 1. The van der Waals surface area contributed by atoms with Crippen molar-refractivity contribution < 1.29 is 9.53 Å². The SMILES string of the molecule is CC[C@H](Oc1ccc(Cl)cc1)C(=O)Nc1ccc(N2CCCC2)cc1. The Labute approximate surface area is 153 Å². The van der Waals surface area contributed by atoms with E-state index in [-0.39, 0.29) is 5.91 Å². The zero-order valence-electron chi connectivity index (χ0n) is 14.4. The predicted molar refractivity (Wildman–Crippen MR) is 103 cm³/mol. The van der Waals surface area contributed by atoms with E-state index in [1.165, 1.54) is 18.5 Å². The number of rotatable bonds is 6. The number of anilines is 2. The minimum atomic E-state index is -0.542. The third-order valence-corrected chi connectivity index (χ3v) is 4.61. The fourth-order valence-corrected chi connectivity index (χ4v) is 3.08. The van der Waals surface area contributed by atoms with Crippen LogP contribution in [0.3, 0.4) is 0 Å². The minimum absolute atomic E-state index is 0.147. The topological polar surface area (TPSA) is 41.6 Å². The molecule has 1 saturated heterocycles. The Morgan fingerprint density at radius 2 is 1.76 bits per heavy atom. The lowest BCUT2D eigenvalue weighted by molar-refractivity contribution is -0.122. The highest BCUT2D eigenvalue weighted by Crippen LogP contribution is 2.23. The number of nitrogens with one attached hydrogen (secondary N) is 1. The third-order valence-electron chi connectivity index (χ3n) is 4.36. The van der Waals surface area contributed by atoms with Gasteiger partial charge in [0.25, 0.3) is 5.91 Å². The van der Waals surface area contributed by atoms with Gasteiger partial charge in [0.1, 0.15) is 5.75 Å². The molecular weight excluding hydrogens is 336 g/mol. The zero-order valence-corrected chi connectivity index (χ0v) is 15.1. The van der Waals surface area contributed by atoms with Crippen molar-refractivity contribution in [2.45, 2.75) is 32.3 Å². The second-order valence-electron chi connectivity index (χ2n) is 6.20. The van der Waals surface area contributed by atoms with Gasteiger partial charge < -0.3 is 15.0 Å². The number of carbonyl (C=O) groups is 1. The van der Waals surface area contributed by atoms with E-state index in [0.717, 1.165) is 18.8 Å². The monoisotopic (exact) mass is 358 g/mol. The molecular formula is C20H23ClN2O2. The Balaban J connectivity index is 1.60. The minimum Gasteiger partial charge on any atom is -0.481 e. The summed E-state index contributed by atoms with van der Waals surface area (Å²) in [6.07, 6.45) is 2.54. The van der Waals surface area contributed by atoms with E-state index in [2.05, 4.69) is 22.3 Å². The summed E-state index contributed by atoms with van der Waals surface area (Å²) in [4.78, 5) is 14.8. The van der Waals surface area contributed by atoms with Crippen LogP contribution >= 0.6 is 11.6 Å². The lowest BCUT2D eigenvalue weighted by Crippen LogP contribution is -2.32. The van der Waals surface area contributed by atoms with E-state index in [9.17, 15) is 4.79 Å². The average Bonchev–Trinajstić information content (AvgIpc) is 3.16. The Morgan fingerprint density at radius 1 is 1.12 bits per heavy atom. The largest absolute Gasteiger partial charge is 0.481 e. The van der Waals surface area contributed by atoms with Gasteiger partial charge in [-0.25, -0.2) is 0 Å². The van der Waals surface area contributed by atoms with Crippen LogP contribution in [-0.2, 0) is 4.79 Å². The molecule has 2 aromatic rings. The highest BCUT2D eigenvalue weighted by molar-refractivity contribution is 6.30. The van der Waals surface area contributed by atoms with Crippen molar-refractivity contribution in [1.82, 2.24) is 0 Å². The second kappa shape index (κ2) is 8.26. The fraction of sp³-hybridized carbons (Fsp3) is 0.350. The first-order valence-electron chi connectivity index (χ1n) is 8.74. The maximum atomic E-state index is 12.5. The summed E-state index contributed by atoms with van der Waals surface area (Å²) < 4.78 is 5.78. The fourth-order valence-electron chi connectivity index (χ4n) is 2.95. The molecule has 0 radical (unpaired) electrons. The van der Waals surface area contributed by atoms with Crippen molar-refractivity contribution in [3.63, 3.8) is 0 Å². The van der Waals surface area contributed by atoms with Gasteiger partial charge in [-0.1, -0.05) is 18.5 Å². The molecule has 5 heteroatoms. The first kappa shape index (κ1) is 17.6. The highest BCUT2D eigenvalue weighted by atomic mass is 35.5. The summed E-state index contributed by atoms with van der Waals surface area (Å²) in [5.41, 5.74) is 1.99. The van der Waals surface area contributed by atoms with Crippen molar-refractivity contribution in [2.75, 3.05) is 23.3 Å². The Bertz CT molecular complexity index is 695. The van der Waals surface area contributed by atoms with Gasteiger partial charge in [0.05, 0.1) is 0 Å². The molecule has 1 amide bonds. The molecule has 1 aliphatic rings. The maximum absolute atomic E-state index is 12.5. The molecule has 1 fully saturated rings. The van der Waals surface area contributed by atoms with Crippen LogP contribution in [0, 0.1) is 0 Å². The Hall–Kier alpha value is -2.20. The van der Waals surface area contributed by atoms with Gasteiger partial charge in [0.15, 0.2) is 6.10 Å². The van der Waals surface area contributed by atoms with Crippen LogP contribution in [0.5, 0.6) is 5.75 Å². The Kier molecular flexibility index (Phi) is 5.82. The quantitative estimate of drug-likeness (QED) is 0.811. The zero-order chi connectivity index (χ0) is 17.6. The van der Waals surface area contributed by atoms with Crippen LogP contribution < -0.4 is 15.0 Å². The molecule has 132 valence electrons. The third kappa shape index (κ3) is 4.67. The lowest BCUT2D eigenvalue weighted by atomic mass is 10.2. The van der Waals surface area contributed by atoms with Gasteiger partial charge in [-0.2, -0.15) is 0 Å². The molecule has 0 saturated carbocycles. The van der Waals surface area contributed by atoms with Crippen molar-refractivity contribution in [1.29, 1.82) is 0 Å². The highest BCUT2D eigenvalue weighted by Gasteiger charge is 2.19. The summed E-state index contributed by atoms with van der Waals surface area (Å²) in [5, 5.41) is 3.58. The van der Waals surface area contributed by atoms with Crippen LogP contribution in [0.25, 0.3) is 0 Å². The molecule has 0 aliphatic carbocycles. The first-order valence-corrected chi connectivity index (χ1v) is 9.11. The average molecular weight is 359 g/mol. The number of hydrogen-bond acceptors (Lipinski definition) is 3. The van der Waals surface area contributed by atoms with Crippen molar-refractivity contribution in [3.05, 3.63) is 53.6 Å².